The summed E-state index contributed by atoms with van der Waals surface area (Å²) in [4.78, 5) is 11.7. The fraction of sp³-hybridized carbons (Fsp3) is 0.632. The summed E-state index contributed by atoms with van der Waals surface area (Å²) in [6, 6.07) is 8.30. The van der Waals surface area contributed by atoms with Gasteiger partial charge in [-0.25, -0.2) is 0 Å². The van der Waals surface area contributed by atoms with Crippen LogP contribution in [-0.4, -0.2) is 18.7 Å². The molecule has 2 saturated carbocycles. The minimum atomic E-state index is -0.0896. The Balaban J connectivity index is 1.75. The first-order valence-electron chi connectivity index (χ1n) is 8.69. The molecule has 0 aromatic heterocycles. The lowest BCUT2D eigenvalue weighted by Crippen LogP contribution is -2.28. The topological polar surface area (TPSA) is 35.5 Å². The third kappa shape index (κ3) is 3.82. The summed E-state index contributed by atoms with van der Waals surface area (Å²) in [5, 5.41) is 0. The van der Waals surface area contributed by atoms with Gasteiger partial charge in [0.05, 0.1) is 6.61 Å². The molecule has 1 aromatic carbocycles. The lowest BCUT2D eigenvalue weighted by molar-refractivity contribution is -0.151. The maximum absolute atomic E-state index is 11.7. The van der Waals surface area contributed by atoms with Crippen molar-refractivity contribution < 1.29 is 14.3 Å². The van der Waals surface area contributed by atoms with Gasteiger partial charge in [-0.3, -0.25) is 4.79 Å². The molecule has 1 aromatic rings. The van der Waals surface area contributed by atoms with Crippen LogP contribution in [0.25, 0.3) is 0 Å². The quantitative estimate of drug-likeness (QED) is 0.728. The Bertz CT molecular complexity index is 507. The number of hydrogen-bond donors (Lipinski definition) is 0. The van der Waals surface area contributed by atoms with Crippen molar-refractivity contribution in [1.82, 2.24) is 0 Å². The Morgan fingerprint density at radius 3 is 2.68 bits per heavy atom. The van der Waals surface area contributed by atoms with Gasteiger partial charge in [0.15, 0.2) is 0 Å². The predicted molar refractivity (Wildman–Crippen MR) is 86.0 cm³/mol. The van der Waals surface area contributed by atoms with Gasteiger partial charge >= 0.3 is 5.97 Å². The van der Waals surface area contributed by atoms with Crippen LogP contribution < -0.4 is 4.74 Å². The smallest absolute Gasteiger partial charge is 0.305 e. The van der Waals surface area contributed by atoms with Gasteiger partial charge in [0, 0.05) is 17.9 Å². The van der Waals surface area contributed by atoms with Crippen molar-refractivity contribution in [2.45, 2.75) is 63.9 Å². The Kier molecular flexibility index (Phi) is 5.01. The largest absolute Gasteiger partial charge is 0.493 e. The maximum atomic E-state index is 11.7. The fourth-order valence-corrected chi connectivity index (χ4v) is 3.26. The second kappa shape index (κ2) is 7.17. The molecule has 3 rings (SSSR count). The number of esters is 1. The SMILES string of the molecule is CCC(=O)O[C@@H]1CCCC[C@H]1c1ccccc1OCC1CC1. The molecule has 120 valence electrons. The highest BCUT2D eigenvalue weighted by Gasteiger charge is 2.31. The first kappa shape index (κ1) is 15.4. The lowest BCUT2D eigenvalue weighted by atomic mass is 9.81. The highest BCUT2D eigenvalue weighted by molar-refractivity contribution is 5.69. The zero-order valence-electron chi connectivity index (χ0n) is 13.4. The second-order valence-corrected chi connectivity index (χ2v) is 6.57. The van der Waals surface area contributed by atoms with Gasteiger partial charge in [0.1, 0.15) is 11.9 Å². The molecule has 0 N–H and O–H groups in total. The Morgan fingerprint density at radius 1 is 1.14 bits per heavy atom. The summed E-state index contributed by atoms with van der Waals surface area (Å²) in [6.07, 6.45) is 7.42. The highest BCUT2D eigenvalue weighted by atomic mass is 16.5. The molecule has 0 heterocycles. The number of carbonyl (C=O) groups excluding carboxylic acids is 1. The molecule has 2 aliphatic rings. The van der Waals surface area contributed by atoms with Crippen LogP contribution in [0.15, 0.2) is 24.3 Å². The van der Waals surface area contributed by atoms with Crippen LogP contribution in [0.5, 0.6) is 5.75 Å². The van der Waals surface area contributed by atoms with Crippen LogP contribution in [0, 0.1) is 5.92 Å². The number of rotatable bonds is 6. The van der Waals surface area contributed by atoms with Gasteiger partial charge in [-0.05, 0) is 44.1 Å². The standard InChI is InChI=1S/C19H26O3/c1-2-19(20)22-18-10-6-4-8-16(18)15-7-3-5-9-17(15)21-13-14-11-12-14/h3,5,7,9,14,16,18H,2,4,6,8,10-13H2,1H3/t16-,18+/m0/s1. The van der Waals surface area contributed by atoms with Crippen LogP contribution in [-0.2, 0) is 9.53 Å². The summed E-state index contributed by atoms with van der Waals surface area (Å²) in [7, 11) is 0. The van der Waals surface area contributed by atoms with Gasteiger partial charge in [0.2, 0.25) is 0 Å². The molecule has 0 amide bonds. The van der Waals surface area contributed by atoms with E-state index in [1.807, 2.05) is 13.0 Å². The molecule has 0 unspecified atom stereocenters. The van der Waals surface area contributed by atoms with Crippen LogP contribution in [0.3, 0.4) is 0 Å². The Labute approximate surface area is 133 Å². The Morgan fingerprint density at radius 2 is 1.91 bits per heavy atom. The summed E-state index contributed by atoms with van der Waals surface area (Å²) in [5.74, 6) is 1.92. The normalized spacial score (nSPS) is 24.8. The van der Waals surface area contributed by atoms with E-state index in [9.17, 15) is 4.79 Å². The molecular weight excluding hydrogens is 276 g/mol. The van der Waals surface area contributed by atoms with E-state index in [-0.39, 0.29) is 18.0 Å². The van der Waals surface area contributed by atoms with Gasteiger partial charge in [0.25, 0.3) is 0 Å². The van der Waals surface area contributed by atoms with Crippen molar-refractivity contribution >= 4 is 5.97 Å². The van der Waals surface area contributed by atoms with Crippen molar-refractivity contribution in [3.63, 3.8) is 0 Å². The first-order chi connectivity index (χ1) is 10.8. The molecule has 2 aliphatic carbocycles. The molecule has 3 heteroatoms. The molecule has 0 bridgehead atoms. The van der Waals surface area contributed by atoms with Crippen LogP contribution in [0.2, 0.25) is 0 Å². The van der Waals surface area contributed by atoms with E-state index in [0.29, 0.717) is 6.42 Å². The molecule has 22 heavy (non-hydrogen) atoms. The average molecular weight is 302 g/mol. The van der Waals surface area contributed by atoms with Gasteiger partial charge in [-0.2, -0.15) is 0 Å². The van der Waals surface area contributed by atoms with Crippen molar-refractivity contribution in [2.75, 3.05) is 6.61 Å². The summed E-state index contributed by atoms with van der Waals surface area (Å²) in [5.41, 5.74) is 1.22. The van der Waals surface area contributed by atoms with E-state index in [4.69, 9.17) is 9.47 Å². The monoisotopic (exact) mass is 302 g/mol. The van der Waals surface area contributed by atoms with Crippen molar-refractivity contribution in [3.05, 3.63) is 29.8 Å². The molecule has 0 saturated heterocycles. The van der Waals surface area contributed by atoms with E-state index in [1.54, 1.807) is 0 Å². The number of hydrogen-bond acceptors (Lipinski definition) is 3. The zero-order chi connectivity index (χ0) is 15.4. The number of ether oxygens (including phenoxy) is 2. The number of para-hydroxylation sites is 1. The summed E-state index contributed by atoms with van der Waals surface area (Å²) >= 11 is 0. The molecule has 2 fully saturated rings. The number of benzene rings is 1. The van der Waals surface area contributed by atoms with Crippen molar-refractivity contribution in [3.8, 4) is 5.75 Å². The lowest BCUT2D eigenvalue weighted by Gasteiger charge is -2.32. The molecule has 0 radical (unpaired) electrons. The predicted octanol–water partition coefficient (Wildman–Crippen LogP) is 4.45. The number of carbonyl (C=O) groups is 1. The van der Waals surface area contributed by atoms with Crippen molar-refractivity contribution in [1.29, 1.82) is 0 Å². The fourth-order valence-electron chi connectivity index (χ4n) is 3.26. The highest BCUT2D eigenvalue weighted by Crippen LogP contribution is 2.40. The maximum Gasteiger partial charge on any atom is 0.305 e. The van der Waals surface area contributed by atoms with E-state index in [1.165, 1.54) is 24.8 Å². The third-order valence-corrected chi connectivity index (χ3v) is 4.76. The Hall–Kier alpha value is -1.51. The van der Waals surface area contributed by atoms with Gasteiger partial charge in [-0.15, -0.1) is 0 Å². The molecule has 0 aliphatic heterocycles. The van der Waals surface area contributed by atoms with Gasteiger partial charge < -0.3 is 9.47 Å². The van der Waals surface area contributed by atoms with E-state index >= 15 is 0 Å². The minimum absolute atomic E-state index is 0.00637. The van der Waals surface area contributed by atoms with E-state index in [2.05, 4.69) is 18.2 Å². The molecule has 0 spiro atoms. The minimum Gasteiger partial charge on any atom is -0.493 e. The zero-order valence-corrected chi connectivity index (χ0v) is 13.4. The summed E-state index contributed by atoms with van der Waals surface area (Å²) < 4.78 is 11.8. The van der Waals surface area contributed by atoms with Crippen LogP contribution in [0.4, 0.5) is 0 Å². The average Bonchev–Trinajstić information content (AvgIpc) is 3.38. The van der Waals surface area contributed by atoms with E-state index < -0.39 is 0 Å². The molecule has 3 nitrogen and oxygen atoms in total. The van der Waals surface area contributed by atoms with Crippen LogP contribution >= 0.6 is 0 Å². The van der Waals surface area contributed by atoms with Crippen LogP contribution in [0.1, 0.15) is 63.4 Å². The summed E-state index contributed by atoms with van der Waals surface area (Å²) in [6.45, 7) is 2.68. The first-order valence-corrected chi connectivity index (χ1v) is 8.69. The third-order valence-electron chi connectivity index (χ3n) is 4.76. The molecule has 2 atom stereocenters. The van der Waals surface area contributed by atoms with Crippen molar-refractivity contribution in [2.24, 2.45) is 5.92 Å². The van der Waals surface area contributed by atoms with E-state index in [0.717, 1.165) is 37.5 Å². The second-order valence-electron chi connectivity index (χ2n) is 6.57. The molecular formula is C19H26O3. The van der Waals surface area contributed by atoms with Gasteiger partial charge in [-0.1, -0.05) is 31.5 Å².